The van der Waals surface area contributed by atoms with E-state index in [9.17, 15) is 14.4 Å². The molecule has 0 bridgehead atoms. The summed E-state index contributed by atoms with van der Waals surface area (Å²) in [4.78, 5) is 41.6. The van der Waals surface area contributed by atoms with Crippen LogP contribution >= 0.6 is 0 Å². The largest absolute Gasteiger partial charge is 0.452 e. The van der Waals surface area contributed by atoms with Gasteiger partial charge in [0.25, 0.3) is 0 Å². The summed E-state index contributed by atoms with van der Waals surface area (Å²) in [7, 11) is 1.36. The molecule has 3 heterocycles. The van der Waals surface area contributed by atoms with E-state index in [1.807, 2.05) is 74.5 Å². The van der Waals surface area contributed by atoms with Crippen LogP contribution in [0, 0.1) is 0 Å². The molecular weight excluding hydrogens is 837 g/mol. The first-order valence-electron chi connectivity index (χ1n) is 21.5. The van der Waals surface area contributed by atoms with Gasteiger partial charge in [0.15, 0.2) is 36.7 Å². The summed E-state index contributed by atoms with van der Waals surface area (Å²) in [5.41, 5.74) is 2.47. The van der Waals surface area contributed by atoms with Crippen molar-refractivity contribution in [1.82, 2.24) is 0 Å². The van der Waals surface area contributed by atoms with Crippen molar-refractivity contribution in [3.05, 3.63) is 179 Å². The number of methoxy groups -OCH3 is 1. The lowest BCUT2D eigenvalue weighted by Gasteiger charge is -2.44. The van der Waals surface area contributed by atoms with E-state index >= 15 is 0 Å². The molecule has 3 aliphatic rings. The van der Waals surface area contributed by atoms with Gasteiger partial charge in [-0.25, -0.2) is 14.4 Å². The van der Waals surface area contributed by atoms with Gasteiger partial charge in [0.05, 0.1) is 43.1 Å². The minimum absolute atomic E-state index is 0.190. The maximum Gasteiger partial charge on any atom is 0.338 e. The molecule has 8 rings (SSSR count). The number of hydrogen-bond acceptors (Lipinski definition) is 14. The Bertz CT molecular complexity index is 2280. The molecule has 5 aromatic carbocycles. The molecule has 0 N–H and O–H groups in total. The van der Waals surface area contributed by atoms with Crippen LogP contribution in [0.15, 0.2) is 152 Å². The summed E-state index contributed by atoms with van der Waals surface area (Å²) >= 11 is 0. The Morgan fingerprint density at radius 2 is 0.969 bits per heavy atom. The SMILES string of the molecule is CO[C@H]1O[C@H](CO[C@H]2O[C@@H]([C@H]3COC(C)(C)O3)[C@H](OCc3ccccc3)[C@H]2OCc2ccccc2)[C@@H](OC(=O)c2ccccc2)[C@H](OC(=O)c2ccccc2)[C@@H]1OC(=O)c1ccccc1. The Kier molecular flexibility index (Phi) is 15.1. The average molecular weight is 889 g/mol. The molecule has 5 aromatic rings. The molecule has 0 radical (unpaired) electrons. The van der Waals surface area contributed by atoms with Gasteiger partial charge in [-0.05, 0) is 61.4 Å². The van der Waals surface area contributed by atoms with Crippen molar-refractivity contribution in [2.75, 3.05) is 20.3 Å². The van der Waals surface area contributed by atoms with Crippen molar-refractivity contribution in [2.24, 2.45) is 0 Å². The van der Waals surface area contributed by atoms with Crippen LogP contribution < -0.4 is 0 Å². The van der Waals surface area contributed by atoms with Gasteiger partial charge in [-0.15, -0.1) is 0 Å². The molecular formula is C51H52O14. The molecule has 0 unspecified atom stereocenters. The number of carbonyl (C=O) groups excluding carboxylic acids is 3. The zero-order valence-electron chi connectivity index (χ0n) is 36.3. The van der Waals surface area contributed by atoms with Gasteiger partial charge in [-0.2, -0.15) is 0 Å². The lowest BCUT2D eigenvalue weighted by atomic mass is 9.97. The Balaban J connectivity index is 1.13. The highest BCUT2D eigenvalue weighted by Crippen LogP contribution is 2.38. The average Bonchev–Trinajstić information content (AvgIpc) is 3.89. The highest BCUT2D eigenvalue weighted by Gasteiger charge is 2.56. The van der Waals surface area contributed by atoms with E-state index in [4.69, 9.17) is 52.1 Å². The van der Waals surface area contributed by atoms with Crippen molar-refractivity contribution in [1.29, 1.82) is 0 Å². The normalized spacial score (nSPS) is 27.1. The second-order valence-corrected chi connectivity index (χ2v) is 16.2. The van der Waals surface area contributed by atoms with Crippen molar-refractivity contribution in [3.63, 3.8) is 0 Å². The second kappa shape index (κ2) is 21.5. The third kappa shape index (κ3) is 11.5. The Morgan fingerprint density at radius 3 is 1.43 bits per heavy atom. The Morgan fingerprint density at radius 1 is 0.523 bits per heavy atom. The number of ether oxygens (including phenoxy) is 11. The molecule has 0 amide bonds. The number of rotatable bonds is 17. The molecule has 0 aromatic heterocycles. The molecule has 3 saturated heterocycles. The maximum absolute atomic E-state index is 14.0. The molecule has 14 heteroatoms. The molecule has 3 aliphatic heterocycles. The molecule has 65 heavy (non-hydrogen) atoms. The fraction of sp³-hybridized carbons (Fsp3) is 0.353. The van der Waals surface area contributed by atoms with E-state index in [1.54, 1.807) is 91.0 Å². The summed E-state index contributed by atoms with van der Waals surface area (Å²) in [6, 6.07) is 44.2. The second-order valence-electron chi connectivity index (χ2n) is 16.2. The summed E-state index contributed by atoms with van der Waals surface area (Å²) in [6.07, 6.45) is -10.9. The standard InChI is InChI=1S/C51H52O14/c1-51(2)59-32-39(65-51)41-42(56-29-33-19-9-4-10-20-33)44(57-30-34-21-11-5-12-22-34)50(64-41)58-31-38-40(61-46(52)35-23-13-6-14-24-35)43(62-47(53)36-25-15-7-16-26-36)45(49(55-3)60-38)63-48(54)37-27-17-8-18-28-37/h4-28,38-45,49-50H,29-32H2,1-3H3/t38-,39-,40-,41+,42+,43+,44-,45+,49+,50+/m1/s1. The minimum Gasteiger partial charge on any atom is -0.452 e. The molecule has 10 atom stereocenters. The Labute approximate surface area is 377 Å². The number of esters is 3. The fourth-order valence-corrected chi connectivity index (χ4v) is 7.95. The molecule has 340 valence electrons. The summed E-state index contributed by atoms with van der Waals surface area (Å²) < 4.78 is 69.8. The minimum atomic E-state index is -1.48. The topological polar surface area (TPSA) is 153 Å². The van der Waals surface area contributed by atoms with Gasteiger partial charge < -0.3 is 52.1 Å². The van der Waals surface area contributed by atoms with Crippen LogP contribution in [0.4, 0.5) is 0 Å². The maximum atomic E-state index is 14.0. The van der Waals surface area contributed by atoms with E-state index in [2.05, 4.69) is 0 Å². The first-order chi connectivity index (χ1) is 31.7. The van der Waals surface area contributed by atoms with Crippen LogP contribution in [0.2, 0.25) is 0 Å². The van der Waals surface area contributed by atoms with Crippen molar-refractivity contribution in [2.45, 2.75) is 94.3 Å². The van der Waals surface area contributed by atoms with Crippen molar-refractivity contribution in [3.8, 4) is 0 Å². The zero-order chi connectivity index (χ0) is 45.2. The fourth-order valence-electron chi connectivity index (χ4n) is 7.95. The third-order valence-electron chi connectivity index (χ3n) is 11.2. The van der Waals surface area contributed by atoms with Gasteiger partial charge in [0, 0.05) is 7.11 Å². The van der Waals surface area contributed by atoms with E-state index < -0.39 is 85.1 Å². The van der Waals surface area contributed by atoms with Gasteiger partial charge in [-0.1, -0.05) is 115 Å². The lowest BCUT2D eigenvalue weighted by molar-refractivity contribution is -0.303. The highest BCUT2D eigenvalue weighted by molar-refractivity contribution is 5.91. The van der Waals surface area contributed by atoms with Crippen LogP contribution in [-0.2, 0) is 65.3 Å². The monoisotopic (exact) mass is 888 g/mol. The molecule has 0 aliphatic carbocycles. The van der Waals surface area contributed by atoms with Crippen molar-refractivity contribution >= 4 is 17.9 Å². The van der Waals surface area contributed by atoms with Crippen LogP contribution in [0.5, 0.6) is 0 Å². The third-order valence-corrected chi connectivity index (χ3v) is 11.2. The van der Waals surface area contributed by atoms with E-state index in [1.165, 1.54) is 7.11 Å². The summed E-state index contributed by atoms with van der Waals surface area (Å²) in [5, 5.41) is 0. The van der Waals surface area contributed by atoms with Crippen molar-refractivity contribution < 1.29 is 66.5 Å². The molecule has 14 nitrogen and oxygen atoms in total. The first kappa shape index (κ1) is 45.7. The predicted octanol–water partition coefficient (Wildman–Crippen LogP) is 7.10. The lowest BCUT2D eigenvalue weighted by Crippen LogP contribution is -2.63. The summed E-state index contributed by atoms with van der Waals surface area (Å²) in [5.74, 6) is -3.17. The van der Waals surface area contributed by atoms with Crippen LogP contribution in [0.1, 0.15) is 56.0 Å². The molecule has 3 fully saturated rings. The van der Waals surface area contributed by atoms with Gasteiger partial charge in [0.2, 0.25) is 0 Å². The highest BCUT2D eigenvalue weighted by atomic mass is 16.8. The Hall–Kier alpha value is -5.81. The smallest absolute Gasteiger partial charge is 0.338 e. The van der Waals surface area contributed by atoms with Crippen LogP contribution in [-0.4, -0.2) is 105 Å². The number of benzene rings is 5. The predicted molar refractivity (Wildman–Crippen MR) is 232 cm³/mol. The van der Waals surface area contributed by atoms with Gasteiger partial charge in [-0.3, -0.25) is 0 Å². The quantitative estimate of drug-likeness (QED) is 0.0689. The van der Waals surface area contributed by atoms with Gasteiger partial charge >= 0.3 is 17.9 Å². The molecule has 0 saturated carbocycles. The van der Waals surface area contributed by atoms with Crippen LogP contribution in [0.3, 0.4) is 0 Å². The zero-order valence-corrected chi connectivity index (χ0v) is 36.3. The summed E-state index contributed by atoms with van der Waals surface area (Å²) in [6.45, 7) is 3.97. The van der Waals surface area contributed by atoms with E-state index in [-0.39, 0.29) is 43.1 Å². The number of carbonyl (C=O) groups is 3. The van der Waals surface area contributed by atoms with E-state index in [0.717, 1.165) is 11.1 Å². The first-order valence-corrected chi connectivity index (χ1v) is 21.5. The van der Waals surface area contributed by atoms with Crippen LogP contribution in [0.25, 0.3) is 0 Å². The molecule has 0 spiro atoms. The van der Waals surface area contributed by atoms with Gasteiger partial charge in [0.1, 0.15) is 30.5 Å². The van der Waals surface area contributed by atoms with E-state index in [0.29, 0.717) is 0 Å². The number of hydrogen-bond donors (Lipinski definition) is 0.